The molecule has 0 bridgehead atoms. The second-order valence-corrected chi connectivity index (χ2v) is 7.72. The number of aryl methyl sites for hydroxylation is 2. The van der Waals surface area contributed by atoms with Gasteiger partial charge in [0.15, 0.2) is 5.76 Å². The highest BCUT2D eigenvalue weighted by atomic mass is 16.5. The average Bonchev–Trinajstić information content (AvgIpc) is 3.38. The molecular weight excluding hydrogens is 402 g/mol. The highest BCUT2D eigenvalue weighted by Crippen LogP contribution is 2.20. The number of hydrogen-bond donors (Lipinski definition) is 0. The Morgan fingerprint density at radius 3 is 2.56 bits per heavy atom. The summed E-state index contributed by atoms with van der Waals surface area (Å²) in [4.78, 5) is 12.2. The first-order chi connectivity index (χ1) is 15.5. The van der Waals surface area contributed by atoms with E-state index < -0.39 is 5.97 Å². The molecular formula is C26H25N3O3. The van der Waals surface area contributed by atoms with Gasteiger partial charge in [-0.1, -0.05) is 65.3 Å². The van der Waals surface area contributed by atoms with Gasteiger partial charge in [0.05, 0.1) is 12.2 Å². The van der Waals surface area contributed by atoms with Gasteiger partial charge in [0.1, 0.15) is 12.3 Å². The first kappa shape index (κ1) is 21.3. The molecule has 162 valence electrons. The van der Waals surface area contributed by atoms with Gasteiger partial charge in [-0.15, -0.1) is 0 Å². The third-order valence-electron chi connectivity index (χ3n) is 5.26. The van der Waals surface area contributed by atoms with E-state index in [9.17, 15) is 4.79 Å². The third kappa shape index (κ3) is 5.03. The first-order valence-corrected chi connectivity index (χ1v) is 10.4. The van der Waals surface area contributed by atoms with E-state index in [1.54, 1.807) is 12.1 Å². The van der Waals surface area contributed by atoms with E-state index in [0.29, 0.717) is 18.0 Å². The topological polar surface area (TPSA) is 70.2 Å². The third-order valence-corrected chi connectivity index (χ3v) is 5.26. The molecule has 4 rings (SSSR count). The highest BCUT2D eigenvalue weighted by molar-refractivity contribution is 5.87. The molecule has 0 aliphatic heterocycles. The molecule has 2 aromatic carbocycles. The molecule has 0 aliphatic carbocycles. The predicted octanol–water partition coefficient (Wildman–Crippen LogP) is 5.27. The van der Waals surface area contributed by atoms with Gasteiger partial charge in [-0.3, -0.25) is 4.68 Å². The second kappa shape index (κ2) is 9.47. The Balaban J connectivity index is 1.37. The van der Waals surface area contributed by atoms with Crippen LogP contribution in [0, 0.1) is 20.8 Å². The number of rotatable bonds is 7. The fourth-order valence-electron chi connectivity index (χ4n) is 3.44. The number of carbonyl (C=O) groups is 1. The van der Waals surface area contributed by atoms with Gasteiger partial charge in [0, 0.05) is 29.0 Å². The minimum absolute atomic E-state index is 0.0458. The number of aromatic nitrogens is 3. The van der Waals surface area contributed by atoms with Crippen molar-refractivity contribution < 1.29 is 14.1 Å². The lowest BCUT2D eigenvalue weighted by Crippen LogP contribution is -2.04. The van der Waals surface area contributed by atoms with E-state index in [1.807, 2.05) is 48.9 Å². The molecule has 0 saturated carbocycles. The Morgan fingerprint density at radius 1 is 1.06 bits per heavy atom. The van der Waals surface area contributed by atoms with E-state index in [-0.39, 0.29) is 6.61 Å². The van der Waals surface area contributed by atoms with Crippen molar-refractivity contribution in [2.75, 3.05) is 0 Å². The molecule has 0 fully saturated rings. The normalized spacial score (nSPS) is 11.2. The molecule has 2 heterocycles. The lowest BCUT2D eigenvalue weighted by Gasteiger charge is -2.05. The standard InChI is InChI=1S/C26H25N3O3/c1-18-9-11-21(12-10-18)16-29-20(3)24(19(2)27-29)13-14-26(30)31-17-23-15-25(32-28-23)22-7-5-4-6-8-22/h4-15H,16-17H2,1-3H3. The van der Waals surface area contributed by atoms with Crippen LogP contribution in [-0.4, -0.2) is 20.9 Å². The highest BCUT2D eigenvalue weighted by Gasteiger charge is 2.11. The predicted molar refractivity (Wildman–Crippen MR) is 123 cm³/mol. The van der Waals surface area contributed by atoms with E-state index in [4.69, 9.17) is 9.26 Å². The summed E-state index contributed by atoms with van der Waals surface area (Å²) in [6, 6.07) is 19.8. The molecule has 4 aromatic rings. The Bertz CT molecular complexity index is 1240. The Morgan fingerprint density at radius 2 is 1.81 bits per heavy atom. The van der Waals surface area contributed by atoms with Gasteiger partial charge in [0.2, 0.25) is 0 Å². The molecule has 0 spiro atoms. The van der Waals surface area contributed by atoms with Gasteiger partial charge in [-0.05, 0) is 32.4 Å². The zero-order valence-corrected chi connectivity index (χ0v) is 18.4. The smallest absolute Gasteiger partial charge is 0.331 e. The molecule has 0 N–H and O–H groups in total. The maximum absolute atomic E-state index is 12.2. The summed E-state index contributed by atoms with van der Waals surface area (Å²) in [5, 5.41) is 8.59. The van der Waals surface area contributed by atoms with Crippen LogP contribution in [-0.2, 0) is 22.7 Å². The summed E-state index contributed by atoms with van der Waals surface area (Å²) < 4.78 is 12.6. The summed E-state index contributed by atoms with van der Waals surface area (Å²) >= 11 is 0. The van der Waals surface area contributed by atoms with Crippen LogP contribution >= 0.6 is 0 Å². The molecule has 6 heteroatoms. The van der Waals surface area contributed by atoms with Crippen molar-refractivity contribution in [3.8, 4) is 11.3 Å². The Kier molecular flexibility index (Phi) is 6.31. The van der Waals surface area contributed by atoms with E-state index in [2.05, 4.69) is 41.4 Å². The summed E-state index contributed by atoms with van der Waals surface area (Å²) in [5.74, 6) is 0.193. The lowest BCUT2D eigenvalue weighted by molar-refractivity contribution is -0.139. The SMILES string of the molecule is Cc1ccc(Cn2nc(C)c(C=CC(=O)OCc3cc(-c4ccccc4)on3)c2C)cc1. The Labute approximate surface area is 187 Å². The molecule has 0 radical (unpaired) electrons. The molecule has 2 aromatic heterocycles. The molecule has 6 nitrogen and oxygen atoms in total. The minimum atomic E-state index is -0.445. The van der Waals surface area contributed by atoms with Crippen molar-refractivity contribution in [2.24, 2.45) is 0 Å². The van der Waals surface area contributed by atoms with E-state index >= 15 is 0 Å². The van der Waals surface area contributed by atoms with Crippen LogP contribution in [0.1, 0.15) is 33.8 Å². The van der Waals surface area contributed by atoms with E-state index in [1.165, 1.54) is 17.2 Å². The maximum atomic E-state index is 12.2. The van der Waals surface area contributed by atoms with Crippen molar-refractivity contribution >= 4 is 12.0 Å². The minimum Gasteiger partial charge on any atom is -0.456 e. The number of esters is 1. The van der Waals surface area contributed by atoms with Gasteiger partial charge >= 0.3 is 5.97 Å². The number of carbonyl (C=O) groups excluding carboxylic acids is 1. The van der Waals surface area contributed by atoms with Crippen molar-refractivity contribution in [3.05, 3.63) is 101 Å². The summed E-state index contributed by atoms with van der Waals surface area (Å²) in [5.41, 5.74) is 6.67. The first-order valence-electron chi connectivity index (χ1n) is 10.4. The fourth-order valence-corrected chi connectivity index (χ4v) is 3.44. The van der Waals surface area contributed by atoms with Crippen LogP contribution in [0.25, 0.3) is 17.4 Å². The van der Waals surface area contributed by atoms with Gasteiger partial charge in [-0.25, -0.2) is 4.79 Å². The number of nitrogens with zero attached hydrogens (tertiary/aromatic N) is 3. The number of benzene rings is 2. The summed E-state index contributed by atoms with van der Waals surface area (Å²) in [7, 11) is 0. The summed E-state index contributed by atoms with van der Waals surface area (Å²) in [6.07, 6.45) is 3.18. The molecule has 0 atom stereocenters. The maximum Gasteiger partial charge on any atom is 0.331 e. The molecule has 32 heavy (non-hydrogen) atoms. The molecule has 0 saturated heterocycles. The monoisotopic (exact) mass is 427 g/mol. The van der Waals surface area contributed by atoms with Crippen LogP contribution in [0.4, 0.5) is 0 Å². The van der Waals surface area contributed by atoms with Crippen molar-refractivity contribution in [3.63, 3.8) is 0 Å². The Hall–Kier alpha value is -3.93. The van der Waals surface area contributed by atoms with Crippen LogP contribution in [0.3, 0.4) is 0 Å². The second-order valence-electron chi connectivity index (χ2n) is 7.72. The molecule has 0 unspecified atom stereocenters. The van der Waals surface area contributed by atoms with Crippen molar-refractivity contribution in [2.45, 2.75) is 33.9 Å². The molecule has 0 amide bonds. The van der Waals surface area contributed by atoms with Gasteiger partial charge in [0.25, 0.3) is 0 Å². The fraction of sp³-hybridized carbons (Fsp3) is 0.192. The zero-order chi connectivity index (χ0) is 22.5. The van der Waals surface area contributed by atoms with Crippen LogP contribution in [0.15, 0.2) is 71.3 Å². The van der Waals surface area contributed by atoms with Gasteiger partial charge < -0.3 is 9.26 Å². The van der Waals surface area contributed by atoms with Crippen molar-refractivity contribution in [1.29, 1.82) is 0 Å². The molecule has 0 aliphatic rings. The largest absolute Gasteiger partial charge is 0.456 e. The number of hydrogen-bond acceptors (Lipinski definition) is 5. The zero-order valence-electron chi connectivity index (χ0n) is 18.4. The lowest BCUT2D eigenvalue weighted by atomic mass is 10.1. The van der Waals surface area contributed by atoms with Crippen LogP contribution in [0.5, 0.6) is 0 Å². The van der Waals surface area contributed by atoms with Crippen LogP contribution in [0.2, 0.25) is 0 Å². The van der Waals surface area contributed by atoms with Gasteiger partial charge in [-0.2, -0.15) is 5.10 Å². The number of ether oxygens (including phenoxy) is 1. The van der Waals surface area contributed by atoms with Crippen molar-refractivity contribution in [1.82, 2.24) is 14.9 Å². The average molecular weight is 428 g/mol. The quantitative estimate of drug-likeness (QED) is 0.297. The van der Waals surface area contributed by atoms with Crippen LogP contribution < -0.4 is 0 Å². The van der Waals surface area contributed by atoms with E-state index in [0.717, 1.165) is 22.5 Å². The summed E-state index contributed by atoms with van der Waals surface area (Å²) in [6.45, 7) is 6.73.